The lowest BCUT2D eigenvalue weighted by molar-refractivity contribution is -0.137. The second kappa shape index (κ2) is 28.1. The molecule has 66 heavy (non-hydrogen) atoms. The molecule has 0 bridgehead atoms. The number of nitrogens with one attached hydrogen (secondary N) is 2. The number of aromatic nitrogens is 4. The van der Waals surface area contributed by atoms with Crippen molar-refractivity contribution in [3.8, 4) is 0 Å². The zero-order valence-corrected chi connectivity index (χ0v) is 40.9. The summed E-state index contributed by atoms with van der Waals surface area (Å²) in [4.78, 5) is 88.2. The maximum atomic E-state index is 12.7. The van der Waals surface area contributed by atoms with Crippen molar-refractivity contribution in [3.05, 3.63) is 24.8 Å². The molecule has 2 amide bonds. The first-order valence-electron chi connectivity index (χ1n) is 21.8. The highest BCUT2D eigenvalue weighted by Gasteiger charge is 2.50. The van der Waals surface area contributed by atoms with Crippen molar-refractivity contribution in [1.29, 1.82) is 0 Å². The normalized spacial score (nSPS) is 20.3. The van der Waals surface area contributed by atoms with Crippen molar-refractivity contribution >= 4 is 69.1 Å². The van der Waals surface area contributed by atoms with Crippen LogP contribution in [0.4, 0.5) is 5.82 Å². The predicted molar refractivity (Wildman–Crippen MR) is 242 cm³/mol. The molecule has 2 unspecified atom stereocenters. The van der Waals surface area contributed by atoms with Crippen LogP contribution < -0.4 is 16.4 Å². The van der Waals surface area contributed by atoms with E-state index in [9.17, 15) is 57.9 Å². The number of carbonyl (C=O) groups excluding carboxylic acids is 3. The monoisotopic (exact) mass is 1020 g/mol. The Morgan fingerprint density at radius 2 is 1.55 bits per heavy atom. The number of fused-ring (bicyclic) bond motifs is 1. The van der Waals surface area contributed by atoms with Crippen LogP contribution in [0.5, 0.6) is 0 Å². The molecule has 0 spiro atoms. The number of ether oxygens (including phenoxy) is 1. The lowest BCUT2D eigenvalue weighted by atomic mass is 9.87. The highest BCUT2D eigenvalue weighted by molar-refractivity contribution is 8.14. The molecule has 10 N–H and O–H groups in total. The number of nitrogens with two attached hydrogens (primary N) is 1. The van der Waals surface area contributed by atoms with Gasteiger partial charge in [-0.3, -0.25) is 32.5 Å². The van der Waals surface area contributed by atoms with Crippen LogP contribution in [0, 0.1) is 5.41 Å². The van der Waals surface area contributed by atoms with E-state index in [1.165, 1.54) is 78.1 Å². The van der Waals surface area contributed by atoms with E-state index in [2.05, 4.69) is 41.3 Å². The number of anilines is 1. The molecule has 7 atom stereocenters. The number of phosphoric ester groups is 3. The molecule has 0 saturated carbocycles. The van der Waals surface area contributed by atoms with Crippen LogP contribution in [-0.2, 0) is 50.7 Å². The average Bonchev–Trinajstić information content (AvgIpc) is 3.80. The molecule has 0 aromatic carbocycles. The van der Waals surface area contributed by atoms with Gasteiger partial charge in [0.15, 0.2) is 17.7 Å². The zero-order valence-electron chi connectivity index (χ0n) is 37.4. The first-order chi connectivity index (χ1) is 31.1. The molecule has 2 aromatic heterocycles. The van der Waals surface area contributed by atoms with E-state index in [4.69, 9.17) is 19.5 Å². The van der Waals surface area contributed by atoms with Crippen LogP contribution >= 0.6 is 35.2 Å². The number of nitrogen functional groups attached to an aromatic ring is 1. The summed E-state index contributed by atoms with van der Waals surface area (Å²) in [5.74, 6) is -1.10. The molecule has 2 aromatic rings. The lowest BCUT2D eigenvalue weighted by Crippen LogP contribution is -2.46. The second-order valence-corrected chi connectivity index (χ2v) is 21.7. The lowest BCUT2D eigenvalue weighted by Gasteiger charge is -2.30. The van der Waals surface area contributed by atoms with Gasteiger partial charge in [-0.05, 0) is 18.9 Å². The molecule has 376 valence electrons. The number of carbonyl (C=O) groups is 3. The number of rotatable bonds is 33. The maximum Gasteiger partial charge on any atom is 0.481 e. The van der Waals surface area contributed by atoms with Gasteiger partial charge in [0.25, 0.3) is 0 Å². The van der Waals surface area contributed by atoms with Gasteiger partial charge in [-0.25, -0.2) is 28.6 Å². The Kier molecular flexibility index (Phi) is 24.5. The Balaban J connectivity index is 1.32. The highest BCUT2D eigenvalue weighted by atomic mass is 32.2. The quantitative estimate of drug-likeness (QED) is 0.0273. The van der Waals surface area contributed by atoms with E-state index in [-0.39, 0.29) is 41.6 Å². The van der Waals surface area contributed by atoms with Crippen LogP contribution in [0.3, 0.4) is 0 Å². The van der Waals surface area contributed by atoms with Gasteiger partial charge in [0.05, 0.1) is 19.5 Å². The number of hydrogen-bond acceptors (Lipinski definition) is 18. The molecule has 1 aliphatic rings. The smallest absolute Gasteiger partial charge is 0.386 e. The molecule has 1 fully saturated rings. The van der Waals surface area contributed by atoms with Crippen molar-refractivity contribution in [2.75, 3.05) is 37.8 Å². The van der Waals surface area contributed by atoms with Crippen LogP contribution in [-0.4, -0.2) is 123 Å². The fourth-order valence-electron chi connectivity index (χ4n) is 6.61. The third-order valence-corrected chi connectivity index (χ3v) is 14.2. The van der Waals surface area contributed by atoms with Crippen molar-refractivity contribution in [2.24, 2.45) is 5.41 Å². The predicted octanol–water partition coefficient (Wildman–Crippen LogP) is 4.31. The summed E-state index contributed by atoms with van der Waals surface area (Å²) in [6.45, 7) is 2.75. The van der Waals surface area contributed by atoms with E-state index >= 15 is 0 Å². The fraction of sp³-hybridized carbons (Fsp3) is 0.737. The number of unbranched alkanes of at least 4 members (excludes halogenated alkanes) is 12. The molecule has 0 radical (unpaired) electrons. The largest absolute Gasteiger partial charge is 0.481 e. The highest BCUT2D eigenvalue weighted by Crippen LogP contribution is 2.61. The minimum atomic E-state index is -5.58. The number of aliphatic hydroxyl groups excluding tert-OH is 2. The Bertz CT molecular complexity index is 2030. The minimum Gasteiger partial charge on any atom is -0.386 e. The number of thioether (sulfide) groups is 1. The SMILES string of the molecule is CCCCCCCCCCCCCC/C=C/C(=O)SCCNC(=O)CCNC(=O)[C@H](O)C(C)(C)COP(=O)(O)OP(=O)(O)OC[C@H]1O[C@@H](n2cnc3c(N)ncnc32)[C@H](O)[C@@H]1OP(=O)(O)O. The van der Waals surface area contributed by atoms with Crippen LogP contribution in [0.1, 0.15) is 117 Å². The third-order valence-electron chi connectivity index (χ3n) is 10.2. The third kappa shape index (κ3) is 20.9. The summed E-state index contributed by atoms with van der Waals surface area (Å²) in [6.07, 6.45) is 12.5. The Hall–Kier alpha value is -2.70. The average molecular weight is 1020 g/mol. The Morgan fingerprint density at radius 3 is 2.18 bits per heavy atom. The number of amides is 2. The fourth-order valence-corrected chi connectivity index (χ4v) is 10.0. The van der Waals surface area contributed by atoms with Gasteiger partial charge in [0.1, 0.15) is 36.3 Å². The molecule has 3 rings (SSSR count). The van der Waals surface area contributed by atoms with Gasteiger partial charge in [0, 0.05) is 30.7 Å². The van der Waals surface area contributed by atoms with E-state index < -0.39 is 84.6 Å². The van der Waals surface area contributed by atoms with Gasteiger partial charge in [-0.2, -0.15) is 4.31 Å². The van der Waals surface area contributed by atoms with E-state index in [0.717, 1.165) is 48.2 Å². The van der Waals surface area contributed by atoms with Gasteiger partial charge >= 0.3 is 23.5 Å². The maximum absolute atomic E-state index is 12.7. The molecule has 0 aliphatic carbocycles. The summed E-state index contributed by atoms with van der Waals surface area (Å²) in [7, 11) is -16.4. The molecule has 3 heterocycles. The van der Waals surface area contributed by atoms with E-state index in [1.54, 1.807) is 6.08 Å². The van der Waals surface area contributed by atoms with Crippen LogP contribution in [0.2, 0.25) is 0 Å². The van der Waals surface area contributed by atoms with Gasteiger partial charge in [0.2, 0.25) is 16.9 Å². The molecule has 1 saturated heterocycles. The molecule has 28 heteroatoms. The standard InChI is InChI=1S/C38H66N7O17P3S/c1-4-5-6-7-8-9-10-11-12-13-14-15-16-17-18-29(47)66-22-21-40-28(46)19-20-41-36(50)33(49)38(2,3)24-59-65(56,57)62-64(54,55)58-23-27-32(61-63(51,52)53)31(48)37(60-27)45-26-44-30-34(39)42-25-43-35(30)45/h17-18,25-27,31-33,37,48-49H,4-16,19-24H2,1-3H3,(H,40,46)(H,41,50)(H,54,55)(H,56,57)(H2,39,42,43)(H2,51,52,53)/b18-17+/t27-,31-,32-,33+,37-/m1/s1. The number of allylic oxidation sites excluding steroid dienone is 1. The first-order valence-corrected chi connectivity index (χ1v) is 27.3. The molecule has 1 aliphatic heterocycles. The summed E-state index contributed by atoms with van der Waals surface area (Å²) < 4.78 is 62.4. The van der Waals surface area contributed by atoms with Crippen molar-refractivity contribution < 1.29 is 80.5 Å². The molecular weight excluding hydrogens is 951 g/mol. The van der Waals surface area contributed by atoms with Crippen LogP contribution in [0.25, 0.3) is 11.2 Å². The van der Waals surface area contributed by atoms with Gasteiger partial charge < -0.3 is 50.9 Å². The van der Waals surface area contributed by atoms with Gasteiger partial charge in [-0.15, -0.1) is 0 Å². The van der Waals surface area contributed by atoms with Crippen molar-refractivity contribution in [3.63, 3.8) is 0 Å². The number of imidazole rings is 1. The number of aliphatic hydroxyl groups is 2. The van der Waals surface area contributed by atoms with Crippen molar-refractivity contribution in [2.45, 2.75) is 141 Å². The summed E-state index contributed by atoms with van der Waals surface area (Å²) in [5.41, 5.74) is 4.28. The van der Waals surface area contributed by atoms with Gasteiger partial charge in [-0.1, -0.05) is 109 Å². The molecular formula is C38H66N7O17P3S. The minimum absolute atomic E-state index is 0.0324. The van der Waals surface area contributed by atoms with Crippen molar-refractivity contribution in [1.82, 2.24) is 30.2 Å². The van der Waals surface area contributed by atoms with Crippen LogP contribution in [0.15, 0.2) is 24.8 Å². The second-order valence-electron chi connectivity index (χ2n) is 16.3. The number of phosphoric acid groups is 3. The molecule has 24 nitrogen and oxygen atoms in total. The summed E-state index contributed by atoms with van der Waals surface area (Å²) in [6, 6.07) is 0. The first kappa shape index (κ1) is 57.6. The van der Waals surface area contributed by atoms with E-state index in [0.29, 0.717) is 5.75 Å². The zero-order chi connectivity index (χ0) is 49.0. The number of hydrogen-bond donors (Lipinski definition) is 9. The summed E-state index contributed by atoms with van der Waals surface area (Å²) >= 11 is 1.07. The number of nitrogens with zero attached hydrogens (tertiary/aromatic N) is 4. The summed E-state index contributed by atoms with van der Waals surface area (Å²) in [5, 5.41) is 26.4. The topological polar surface area (TPSA) is 364 Å². The Labute approximate surface area is 388 Å². The van der Waals surface area contributed by atoms with E-state index in [1.807, 2.05) is 6.08 Å². The Morgan fingerprint density at radius 1 is 0.924 bits per heavy atom.